The standard InChI is InChI=1S/C9H13F2N5O2/c1-2-3-12-9-14-4-6(16(17)18)8(15-9)13-5-7(10)11/h4,7H,2-3,5H2,1H3,(H2,12,13,14,15). The minimum Gasteiger partial charge on any atom is -0.358 e. The van der Waals surface area contributed by atoms with Crippen LogP contribution in [0.5, 0.6) is 0 Å². The Bertz CT molecular complexity index is 416. The summed E-state index contributed by atoms with van der Waals surface area (Å²) in [6.07, 6.45) is -0.814. The molecule has 0 aliphatic heterocycles. The molecule has 0 spiro atoms. The van der Waals surface area contributed by atoms with Gasteiger partial charge in [0.25, 0.3) is 6.43 Å². The summed E-state index contributed by atoms with van der Waals surface area (Å²) in [6.45, 7) is 1.81. The zero-order valence-electron chi connectivity index (χ0n) is 9.69. The Morgan fingerprint density at radius 3 is 2.78 bits per heavy atom. The zero-order valence-corrected chi connectivity index (χ0v) is 9.69. The van der Waals surface area contributed by atoms with E-state index in [9.17, 15) is 18.9 Å². The summed E-state index contributed by atoms with van der Waals surface area (Å²) in [5, 5.41) is 15.7. The first-order valence-corrected chi connectivity index (χ1v) is 5.32. The first kappa shape index (κ1) is 14.0. The van der Waals surface area contributed by atoms with E-state index >= 15 is 0 Å². The first-order valence-electron chi connectivity index (χ1n) is 5.32. The molecule has 0 amide bonds. The molecule has 0 atom stereocenters. The second-order valence-electron chi connectivity index (χ2n) is 3.38. The van der Waals surface area contributed by atoms with Crippen molar-refractivity contribution in [3.63, 3.8) is 0 Å². The van der Waals surface area contributed by atoms with Crippen LogP contribution in [0.1, 0.15) is 13.3 Å². The Balaban J connectivity index is 2.88. The predicted octanol–water partition coefficient (Wildman–Crippen LogP) is 1.88. The molecule has 0 aromatic carbocycles. The van der Waals surface area contributed by atoms with Gasteiger partial charge in [0, 0.05) is 6.54 Å². The Labute approximate surface area is 102 Å². The fourth-order valence-electron chi connectivity index (χ4n) is 1.13. The highest BCUT2D eigenvalue weighted by Crippen LogP contribution is 2.22. The van der Waals surface area contributed by atoms with Gasteiger partial charge in [-0.05, 0) is 6.42 Å². The van der Waals surface area contributed by atoms with Gasteiger partial charge in [0.2, 0.25) is 11.8 Å². The number of nitrogens with zero attached hydrogens (tertiary/aromatic N) is 3. The van der Waals surface area contributed by atoms with Crippen molar-refractivity contribution in [2.24, 2.45) is 0 Å². The van der Waals surface area contributed by atoms with E-state index in [1.54, 1.807) is 0 Å². The number of nitro groups is 1. The molecule has 9 heteroatoms. The van der Waals surface area contributed by atoms with Crippen LogP contribution in [-0.4, -0.2) is 34.4 Å². The van der Waals surface area contributed by atoms with Gasteiger partial charge in [-0.25, -0.2) is 13.8 Å². The second kappa shape index (κ2) is 6.62. The largest absolute Gasteiger partial charge is 0.358 e. The van der Waals surface area contributed by atoms with E-state index in [0.29, 0.717) is 6.54 Å². The molecule has 1 rings (SSSR count). The Morgan fingerprint density at radius 1 is 1.50 bits per heavy atom. The molecule has 0 saturated carbocycles. The molecule has 0 saturated heterocycles. The van der Waals surface area contributed by atoms with Crippen LogP contribution in [0.15, 0.2) is 6.20 Å². The molecule has 0 unspecified atom stereocenters. The van der Waals surface area contributed by atoms with E-state index in [1.165, 1.54) is 0 Å². The normalized spacial score (nSPS) is 10.4. The number of rotatable bonds is 7. The van der Waals surface area contributed by atoms with Gasteiger partial charge in [0.1, 0.15) is 6.20 Å². The molecule has 0 aliphatic rings. The SMILES string of the molecule is CCCNc1ncc([N+](=O)[O-])c(NCC(F)F)n1. The van der Waals surface area contributed by atoms with E-state index in [4.69, 9.17) is 0 Å². The lowest BCUT2D eigenvalue weighted by molar-refractivity contribution is -0.384. The van der Waals surface area contributed by atoms with Crippen molar-refractivity contribution in [3.8, 4) is 0 Å². The van der Waals surface area contributed by atoms with Gasteiger partial charge in [-0.2, -0.15) is 4.98 Å². The summed E-state index contributed by atoms with van der Waals surface area (Å²) in [5.41, 5.74) is -0.433. The average Bonchev–Trinajstić information content (AvgIpc) is 2.33. The van der Waals surface area contributed by atoms with Crippen LogP contribution in [0.3, 0.4) is 0 Å². The molecule has 0 fully saturated rings. The fourth-order valence-corrected chi connectivity index (χ4v) is 1.13. The monoisotopic (exact) mass is 261 g/mol. The van der Waals surface area contributed by atoms with E-state index in [2.05, 4.69) is 20.6 Å². The Kier molecular flexibility index (Phi) is 5.15. The summed E-state index contributed by atoms with van der Waals surface area (Å²) < 4.78 is 24.1. The molecule has 2 N–H and O–H groups in total. The number of hydrogen-bond acceptors (Lipinski definition) is 6. The summed E-state index contributed by atoms with van der Waals surface area (Å²) in [4.78, 5) is 17.5. The number of nitrogens with one attached hydrogen (secondary N) is 2. The summed E-state index contributed by atoms with van der Waals surface area (Å²) in [7, 11) is 0. The fraction of sp³-hybridized carbons (Fsp3) is 0.556. The van der Waals surface area contributed by atoms with Crippen LogP contribution in [-0.2, 0) is 0 Å². The lowest BCUT2D eigenvalue weighted by Crippen LogP contribution is -2.14. The Morgan fingerprint density at radius 2 is 2.22 bits per heavy atom. The molecule has 7 nitrogen and oxygen atoms in total. The molecule has 1 aromatic heterocycles. The number of hydrogen-bond donors (Lipinski definition) is 2. The van der Waals surface area contributed by atoms with Crippen molar-refractivity contribution in [3.05, 3.63) is 16.3 Å². The van der Waals surface area contributed by atoms with Crippen molar-refractivity contribution >= 4 is 17.5 Å². The summed E-state index contributed by atoms with van der Waals surface area (Å²) >= 11 is 0. The third-order valence-electron chi connectivity index (χ3n) is 1.92. The van der Waals surface area contributed by atoms with Gasteiger partial charge >= 0.3 is 5.69 Å². The van der Waals surface area contributed by atoms with Crippen LogP contribution in [0.4, 0.5) is 26.2 Å². The molecule has 18 heavy (non-hydrogen) atoms. The predicted molar refractivity (Wildman–Crippen MR) is 62.0 cm³/mol. The van der Waals surface area contributed by atoms with Gasteiger partial charge < -0.3 is 10.6 Å². The molecule has 1 heterocycles. The van der Waals surface area contributed by atoms with E-state index < -0.39 is 23.6 Å². The molecular formula is C9H13F2N5O2. The molecule has 0 radical (unpaired) electrons. The molecule has 1 aromatic rings. The number of aromatic nitrogens is 2. The third kappa shape index (κ3) is 4.07. The first-order chi connectivity index (χ1) is 8.54. The maximum Gasteiger partial charge on any atom is 0.329 e. The van der Waals surface area contributed by atoms with Crippen LogP contribution in [0.2, 0.25) is 0 Å². The molecular weight excluding hydrogens is 248 g/mol. The van der Waals surface area contributed by atoms with Crippen molar-refractivity contribution in [1.82, 2.24) is 9.97 Å². The number of halogens is 2. The molecule has 0 bridgehead atoms. The van der Waals surface area contributed by atoms with Crippen molar-refractivity contribution in [1.29, 1.82) is 0 Å². The van der Waals surface area contributed by atoms with E-state index in [1.807, 2.05) is 6.92 Å². The highest BCUT2D eigenvalue weighted by molar-refractivity contribution is 5.56. The average molecular weight is 261 g/mol. The van der Waals surface area contributed by atoms with Gasteiger partial charge in [-0.3, -0.25) is 10.1 Å². The lowest BCUT2D eigenvalue weighted by Gasteiger charge is -2.07. The van der Waals surface area contributed by atoms with E-state index in [-0.39, 0.29) is 11.8 Å². The van der Waals surface area contributed by atoms with Crippen LogP contribution < -0.4 is 10.6 Å². The number of anilines is 2. The number of alkyl halides is 2. The van der Waals surface area contributed by atoms with Gasteiger partial charge in [0.15, 0.2) is 0 Å². The van der Waals surface area contributed by atoms with Crippen LogP contribution in [0.25, 0.3) is 0 Å². The van der Waals surface area contributed by atoms with Gasteiger partial charge in [-0.1, -0.05) is 6.92 Å². The van der Waals surface area contributed by atoms with E-state index in [0.717, 1.165) is 12.6 Å². The quantitative estimate of drug-likeness (QED) is 0.575. The van der Waals surface area contributed by atoms with Crippen molar-refractivity contribution in [2.45, 2.75) is 19.8 Å². The zero-order chi connectivity index (χ0) is 13.5. The molecule has 100 valence electrons. The second-order valence-corrected chi connectivity index (χ2v) is 3.38. The highest BCUT2D eigenvalue weighted by Gasteiger charge is 2.18. The van der Waals surface area contributed by atoms with Crippen LogP contribution >= 0.6 is 0 Å². The lowest BCUT2D eigenvalue weighted by atomic mass is 10.4. The van der Waals surface area contributed by atoms with Crippen LogP contribution in [0, 0.1) is 10.1 Å². The van der Waals surface area contributed by atoms with Crippen molar-refractivity contribution < 1.29 is 13.7 Å². The Hall–Kier alpha value is -2.06. The minimum atomic E-state index is -2.62. The smallest absolute Gasteiger partial charge is 0.329 e. The highest BCUT2D eigenvalue weighted by atomic mass is 19.3. The summed E-state index contributed by atoms with van der Waals surface area (Å²) in [6, 6.07) is 0. The molecule has 0 aliphatic carbocycles. The summed E-state index contributed by atoms with van der Waals surface area (Å²) in [5.74, 6) is -0.0480. The van der Waals surface area contributed by atoms with Gasteiger partial charge in [0.05, 0.1) is 11.5 Å². The minimum absolute atomic E-state index is 0.166. The maximum atomic E-state index is 12.1. The maximum absolute atomic E-state index is 12.1. The topological polar surface area (TPSA) is 93.0 Å². The third-order valence-corrected chi connectivity index (χ3v) is 1.92. The van der Waals surface area contributed by atoms with Gasteiger partial charge in [-0.15, -0.1) is 0 Å². The van der Waals surface area contributed by atoms with Crippen molar-refractivity contribution in [2.75, 3.05) is 23.7 Å².